The lowest BCUT2D eigenvalue weighted by Gasteiger charge is -2.62. The highest BCUT2D eigenvalue weighted by Gasteiger charge is 2.67. The highest BCUT2D eigenvalue weighted by atomic mass is 16.5. The average Bonchev–Trinajstić information content (AvgIpc) is 3.30. The van der Waals surface area contributed by atoms with Crippen molar-refractivity contribution in [3.8, 4) is 0 Å². The number of carbonyl (C=O) groups is 2. The van der Waals surface area contributed by atoms with Crippen LogP contribution in [0.2, 0.25) is 0 Å². The summed E-state index contributed by atoms with van der Waals surface area (Å²) in [6.45, 7) is 18.6. The second-order valence-electron chi connectivity index (χ2n) is 16.2. The zero-order valence-electron chi connectivity index (χ0n) is 27.9. The van der Waals surface area contributed by atoms with Gasteiger partial charge in [0.2, 0.25) is 0 Å². The molecule has 0 N–H and O–H groups in total. The van der Waals surface area contributed by atoms with Gasteiger partial charge in [-0.15, -0.1) is 0 Å². The smallest absolute Gasteiger partial charge is 0.306 e. The van der Waals surface area contributed by atoms with E-state index < -0.39 is 0 Å². The molecule has 0 aromatic carbocycles. The number of hydrogen-bond donors (Lipinski definition) is 0. The molecule has 0 aromatic rings. The van der Waals surface area contributed by atoms with Crippen LogP contribution in [0.3, 0.4) is 0 Å². The van der Waals surface area contributed by atoms with E-state index in [-0.39, 0.29) is 35.0 Å². The molecule has 4 aliphatic carbocycles. The Hall–Kier alpha value is -1.40. The van der Waals surface area contributed by atoms with Gasteiger partial charge in [0.05, 0.1) is 19.6 Å². The van der Waals surface area contributed by atoms with Gasteiger partial charge < -0.3 is 14.0 Å². The van der Waals surface area contributed by atoms with Gasteiger partial charge in [-0.05, 0) is 119 Å². The zero-order chi connectivity index (χ0) is 30.4. The molecule has 0 aromatic heterocycles. The Morgan fingerprint density at radius 3 is 2.33 bits per heavy atom. The molecule has 43 heavy (non-hydrogen) atoms. The summed E-state index contributed by atoms with van der Waals surface area (Å²) in [6, 6.07) is 0.732. The Kier molecular flexibility index (Phi) is 9.12. The molecule has 10 atom stereocenters. The standard InChI is InChI=1S/C37H61N2O4/c1-6-20-39(21-12-9-13-22-39)32-24-30-28-15-14-27-23-33(42-26(3)40)31(38-18-10-8-11-19-38)25-37(27,5)29(28)16-17-36(30,4)35(32)43-34(41)7-2/h6,27-33,35H,1,7-25H2,2-5H3/q+1/t27-,28?,29?,30?,31-,32-,33+,35-,36+,37-/m1/s1. The zero-order valence-corrected chi connectivity index (χ0v) is 27.9. The summed E-state index contributed by atoms with van der Waals surface area (Å²) in [5, 5.41) is 0. The third-order valence-corrected chi connectivity index (χ3v) is 14.2. The van der Waals surface area contributed by atoms with E-state index in [9.17, 15) is 9.59 Å². The topological polar surface area (TPSA) is 55.8 Å². The molecule has 2 heterocycles. The molecule has 242 valence electrons. The highest BCUT2D eigenvalue weighted by Crippen LogP contribution is 2.68. The Balaban J connectivity index is 1.31. The normalized spacial score (nSPS) is 44.4. The lowest BCUT2D eigenvalue weighted by Crippen LogP contribution is -2.63. The van der Waals surface area contributed by atoms with Crippen molar-refractivity contribution in [1.82, 2.24) is 4.90 Å². The summed E-state index contributed by atoms with van der Waals surface area (Å²) < 4.78 is 13.8. The molecule has 2 saturated heterocycles. The van der Waals surface area contributed by atoms with E-state index >= 15 is 0 Å². The minimum atomic E-state index is -0.114. The van der Waals surface area contributed by atoms with E-state index in [4.69, 9.17) is 9.47 Å². The molecule has 6 heteroatoms. The van der Waals surface area contributed by atoms with E-state index in [1.54, 1.807) is 6.92 Å². The van der Waals surface area contributed by atoms with Crippen molar-refractivity contribution in [2.45, 2.75) is 142 Å². The van der Waals surface area contributed by atoms with E-state index in [1.165, 1.54) is 77.3 Å². The quantitative estimate of drug-likeness (QED) is 0.181. The summed E-state index contributed by atoms with van der Waals surface area (Å²) in [7, 11) is 0. The van der Waals surface area contributed by atoms with E-state index in [2.05, 4.69) is 31.4 Å². The van der Waals surface area contributed by atoms with Gasteiger partial charge in [0, 0.05) is 31.2 Å². The molecule has 6 aliphatic rings. The van der Waals surface area contributed by atoms with Crippen LogP contribution in [0.4, 0.5) is 0 Å². The Labute approximate surface area is 261 Å². The number of piperidine rings is 2. The van der Waals surface area contributed by atoms with Crippen LogP contribution in [-0.2, 0) is 19.1 Å². The van der Waals surface area contributed by atoms with Crippen molar-refractivity contribution in [2.24, 2.45) is 34.5 Å². The minimum Gasteiger partial charge on any atom is -0.461 e. The first-order valence-corrected chi connectivity index (χ1v) is 18.2. The summed E-state index contributed by atoms with van der Waals surface area (Å²) in [4.78, 5) is 27.9. The van der Waals surface area contributed by atoms with Gasteiger partial charge in [-0.2, -0.15) is 0 Å². The number of likely N-dealkylation sites (tertiary alicyclic amines) is 2. The monoisotopic (exact) mass is 597 g/mol. The van der Waals surface area contributed by atoms with Gasteiger partial charge in [-0.3, -0.25) is 14.5 Å². The Bertz CT molecular complexity index is 1030. The van der Waals surface area contributed by atoms with Crippen LogP contribution < -0.4 is 0 Å². The summed E-state index contributed by atoms with van der Waals surface area (Å²) in [5.74, 6) is 2.48. The fraction of sp³-hybridized carbons (Fsp3) is 0.892. The number of fused-ring (bicyclic) bond motifs is 5. The fourth-order valence-corrected chi connectivity index (χ4v) is 12.2. The number of quaternary nitrogens is 1. The molecular formula is C37H61N2O4+. The van der Waals surface area contributed by atoms with E-state index in [0.717, 1.165) is 43.4 Å². The Morgan fingerprint density at radius 2 is 1.65 bits per heavy atom. The fourth-order valence-electron chi connectivity index (χ4n) is 12.2. The molecule has 6 fully saturated rings. The van der Waals surface area contributed by atoms with Crippen molar-refractivity contribution in [2.75, 3.05) is 32.7 Å². The molecule has 2 aliphatic heterocycles. The molecule has 6 rings (SSSR count). The molecule has 6 nitrogen and oxygen atoms in total. The van der Waals surface area contributed by atoms with Crippen molar-refractivity contribution >= 4 is 11.9 Å². The van der Waals surface area contributed by atoms with Crippen molar-refractivity contribution < 1.29 is 23.5 Å². The average molecular weight is 598 g/mol. The first kappa shape index (κ1) is 31.6. The van der Waals surface area contributed by atoms with Crippen LogP contribution in [0.25, 0.3) is 0 Å². The van der Waals surface area contributed by atoms with Crippen LogP contribution in [0, 0.1) is 34.5 Å². The SMILES string of the molecule is C=CC[N+]1([C@@H]2CC3C4CC[C@@H]5C[C@H](OC(C)=O)[C@H](N6CCCCC6)C[C@@]5(C)C4CC[C@]3(C)[C@@H]2OC(=O)CC)CCCCC1. The van der Waals surface area contributed by atoms with Crippen molar-refractivity contribution in [1.29, 1.82) is 0 Å². The molecule has 3 unspecified atom stereocenters. The third kappa shape index (κ3) is 5.53. The maximum absolute atomic E-state index is 13.0. The van der Waals surface area contributed by atoms with Crippen LogP contribution in [-0.4, -0.2) is 78.3 Å². The second kappa shape index (κ2) is 12.4. The van der Waals surface area contributed by atoms with Crippen LogP contribution in [0.1, 0.15) is 118 Å². The summed E-state index contributed by atoms with van der Waals surface area (Å²) in [5.41, 5.74) is 0.320. The maximum Gasteiger partial charge on any atom is 0.306 e. The summed E-state index contributed by atoms with van der Waals surface area (Å²) in [6.07, 6.45) is 18.7. The molecule has 0 radical (unpaired) electrons. The Morgan fingerprint density at radius 1 is 0.930 bits per heavy atom. The van der Waals surface area contributed by atoms with E-state index in [1.807, 2.05) is 6.92 Å². The van der Waals surface area contributed by atoms with Crippen LogP contribution >= 0.6 is 0 Å². The molecule has 0 spiro atoms. The number of nitrogens with zero attached hydrogens (tertiary/aromatic N) is 2. The molecule has 0 amide bonds. The van der Waals surface area contributed by atoms with Gasteiger partial charge in [0.15, 0.2) is 6.10 Å². The molecular weight excluding hydrogens is 536 g/mol. The minimum absolute atomic E-state index is 0.00952. The number of ether oxygens (including phenoxy) is 2. The molecule has 4 saturated carbocycles. The lowest BCUT2D eigenvalue weighted by molar-refractivity contribution is -0.952. The van der Waals surface area contributed by atoms with Crippen molar-refractivity contribution in [3.63, 3.8) is 0 Å². The molecule has 0 bridgehead atoms. The van der Waals surface area contributed by atoms with Crippen LogP contribution in [0.15, 0.2) is 12.7 Å². The van der Waals surface area contributed by atoms with Crippen molar-refractivity contribution in [3.05, 3.63) is 12.7 Å². The number of rotatable bonds is 7. The third-order valence-electron chi connectivity index (χ3n) is 14.2. The predicted molar refractivity (Wildman–Crippen MR) is 170 cm³/mol. The van der Waals surface area contributed by atoms with Gasteiger partial charge in [0.25, 0.3) is 0 Å². The van der Waals surface area contributed by atoms with Gasteiger partial charge in [-0.1, -0.05) is 33.8 Å². The number of esters is 2. The maximum atomic E-state index is 13.0. The first-order valence-electron chi connectivity index (χ1n) is 18.2. The predicted octanol–water partition coefficient (Wildman–Crippen LogP) is 6.91. The van der Waals surface area contributed by atoms with Crippen LogP contribution in [0.5, 0.6) is 0 Å². The van der Waals surface area contributed by atoms with Gasteiger partial charge >= 0.3 is 11.9 Å². The summed E-state index contributed by atoms with van der Waals surface area (Å²) >= 11 is 0. The second-order valence-corrected chi connectivity index (χ2v) is 16.2. The highest BCUT2D eigenvalue weighted by molar-refractivity contribution is 5.69. The first-order chi connectivity index (χ1) is 20.6. The van der Waals surface area contributed by atoms with E-state index in [0.29, 0.717) is 42.2 Å². The van der Waals surface area contributed by atoms with Gasteiger partial charge in [0.1, 0.15) is 12.1 Å². The lowest BCUT2D eigenvalue weighted by atomic mass is 9.44. The number of hydrogen-bond acceptors (Lipinski definition) is 5. The van der Waals surface area contributed by atoms with Gasteiger partial charge in [-0.25, -0.2) is 0 Å². The number of carbonyl (C=O) groups excluding carboxylic acids is 2. The largest absolute Gasteiger partial charge is 0.461 e.